The van der Waals surface area contributed by atoms with Crippen molar-refractivity contribution in [1.29, 1.82) is 0 Å². The molecule has 0 aliphatic carbocycles. The van der Waals surface area contributed by atoms with Gasteiger partial charge in [0.15, 0.2) is 17.2 Å². The quantitative estimate of drug-likeness (QED) is 0.587. The van der Waals surface area contributed by atoms with Gasteiger partial charge in [-0.25, -0.2) is 4.98 Å². The van der Waals surface area contributed by atoms with Crippen LogP contribution in [0.5, 0.6) is 5.75 Å². The third-order valence-corrected chi connectivity index (χ3v) is 4.29. The molecule has 1 aromatic heterocycles. The van der Waals surface area contributed by atoms with Crippen molar-refractivity contribution < 1.29 is 9.15 Å². The largest absolute Gasteiger partial charge is 0.439 e. The molecule has 0 spiro atoms. The first-order valence-corrected chi connectivity index (χ1v) is 8.59. The smallest absolute Gasteiger partial charge is 0.220 e. The zero-order valence-corrected chi connectivity index (χ0v) is 14.9. The fraction of sp³-hybridized carbons (Fsp3) is 0.105. The van der Waals surface area contributed by atoms with Crippen molar-refractivity contribution in [3.05, 3.63) is 69.9 Å². The van der Waals surface area contributed by atoms with Crippen molar-refractivity contribution in [2.75, 3.05) is 5.32 Å². The van der Waals surface area contributed by atoms with Gasteiger partial charge in [-0.1, -0.05) is 30.1 Å². The standard InChI is InChI=1S/C19H14Cl2N2O2/c1-2-11(7-18-22-14-9-12(20)3-5-16(14)24-18)8-19-23-15-10-13(21)4-6-17(15)25-19/h3-10,22H,2H2,1H3. The fourth-order valence-corrected chi connectivity index (χ4v) is 2.92. The van der Waals surface area contributed by atoms with Gasteiger partial charge in [0.1, 0.15) is 5.52 Å². The van der Waals surface area contributed by atoms with Crippen LogP contribution >= 0.6 is 23.2 Å². The number of nitrogens with zero attached hydrogens (tertiary/aromatic N) is 1. The van der Waals surface area contributed by atoms with E-state index >= 15 is 0 Å². The van der Waals surface area contributed by atoms with E-state index in [9.17, 15) is 0 Å². The molecule has 6 heteroatoms. The van der Waals surface area contributed by atoms with Crippen LogP contribution in [-0.4, -0.2) is 4.98 Å². The number of benzene rings is 2. The molecule has 1 aliphatic heterocycles. The molecule has 2 aromatic carbocycles. The molecule has 4 rings (SSSR count). The minimum absolute atomic E-state index is 0.532. The lowest BCUT2D eigenvalue weighted by molar-refractivity contribution is 0.456. The van der Waals surface area contributed by atoms with Crippen LogP contribution in [0.3, 0.4) is 0 Å². The van der Waals surface area contributed by atoms with Crippen LogP contribution in [0.15, 0.2) is 58.3 Å². The van der Waals surface area contributed by atoms with Crippen LogP contribution < -0.4 is 10.1 Å². The molecule has 0 fully saturated rings. The number of ether oxygens (including phenoxy) is 1. The van der Waals surface area contributed by atoms with Crippen molar-refractivity contribution in [3.63, 3.8) is 0 Å². The maximum atomic E-state index is 6.00. The van der Waals surface area contributed by atoms with Crippen LogP contribution in [0.2, 0.25) is 10.0 Å². The number of hydrogen-bond acceptors (Lipinski definition) is 4. The van der Waals surface area contributed by atoms with Gasteiger partial charge in [-0.3, -0.25) is 0 Å². The van der Waals surface area contributed by atoms with Crippen LogP contribution in [0.1, 0.15) is 19.2 Å². The molecule has 4 nitrogen and oxygen atoms in total. The highest BCUT2D eigenvalue weighted by molar-refractivity contribution is 6.31. The minimum Gasteiger partial charge on any atom is -0.439 e. The lowest BCUT2D eigenvalue weighted by Crippen LogP contribution is -1.97. The van der Waals surface area contributed by atoms with Crippen molar-refractivity contribution in [1.82, 2.24) is 4.98 Å². The van der Waals surface area contributed by atoms with E-state index in [1.54, 1.807) is 18.2 Å². The average Bonchev–Trinajstić information content (AvgIpc) is 3.16. The number of hydrogen-bond donors (Lipinski definition) is 1. The second-order valence-corrected chi connectivity index (χ2v) is 6.49. The zero-order chi connectivity index (χ0) is 17.4. The highest BCUT2D eigenvalue weighted by Crippen LogP contribution is 2.36. The normalized spacial score (nSPS) is 15.3. The monoisotopic (exact) mass is 372 g/mol. The molecule has 126 valence electrons. The molecule has 0 atom stereocenters. The van der Waals surface area contributed by atoms with Gasteiger partial charge in [0, 0.05) is 22.2 Å². The van der Waals surface area contributed by atoms with E-state index in [1.807, 2.05) is 30.4 Å². The van der Waals surface area contributed by atoms with Crippen LogP contribution in [0.25, 0.3) is 17.2 Å². The van der Waals surface area contributed by atoms with Crippen molar-refractivity contribution in [2.24, 2.45) is 0 Å². The van der Waals surface area contributed by atoms with E-state index < -0.39 is 0 Å². The molecule has 25 heavy (non-hydrogen) atoms. The molecule has 2 heterocycles. The fourth-order valence-electron chi connectivity index (χ4n) is 2.58. The van der Waals surface area contributed by atoms with E-state index in [2.05, 4.69) is 17.2 Å². The number of halogens is 2. The van der Waals surface area contributed by atoms with E-state index in [4.69, 9.17) is 32.4 Å². The number of oxazole rings is 1. The summed E-state index contributed by atoms with van der Waals surface area (Å²) >= 11 is 12.0. The predicted octanol–water partition coefficient (Wildman–Crippen LogP) is 6.27. The molecule has 1 N–H and O–H groups in total. The van der Waals surface area contributed by atoms with Crippen molar-refractivity contribution in [2.45, 2.75) is 13.3 Å². The van der Waals surface area contributed by atoms with E-state index in [0.29, 0.717) is 27.4 Å². The van der Waals surface area contributed by atoms with Gasteiger partial charge >= 0.3 is 0 Å². The predicted molar refractivity (Wildman–Crippen MR) is 101 cm³/mol. The van der Waals surface area contributed by atoms with E-state index in [-0.39, 0.29) is 0 Å². The van der Waals surface area contributed by atoms with Crippen LogP contribution in [0.4, 0.5) is 5.69 Å². The van der Waals surface area contributed by atoms with Gasteiger partial charge in [0.25, 0.3) is 0 Å². The number of nitrogens with one attached hydrogen (secondary N) is 1. The molecule has 0 amide bonds. The summed E-state index contributed by atoms with van der Waals surface area (Å²) in [6, 6.07) is 10.8. The van der Waals surface area contributed by atoms with Gasteiger partial charge in [-0.05, 0) is 48.4 Å². The summed E-state index contributed by atoms with van der Waals surface area (Å²) in [5, 5.41) is 4.50. The summed E-state index contributed by atoms with van der Waals surface area (Å²) in [6.07, 6.45) is 4.61. The first-order valence-electron chi connectivity index (χ1n) is 7.83. The van der Waals surface area contributed by atoms with Crippen LogP contribution in [-0.2, 0) is 0 Å². The molecule has 0 saturated carbocycles. The van der Waals surface area contributed by atoms with Gasteiger partial charge in [-0.15, -0.1) is 0 Å². The second-order valence-electron chi connectivity index (χ2n) is 5.61. The highest BCUT2D eigenvalue weighted by atomic mass is 35.5. The number of anilines is 1. The molecule has 0 saturated heterocycles. The molecule has 3 aromatic rings. The lowest BCUT2D eigenvalue weighted by Gasteiger charge is -2.00. The van der Waals surface area contributed by atoms with Gasteiger partial charge in [0.05, 0.1) is 5.69 Å². The Morgan fingerprint density at radius 2 is 1.96 bits per heavy atom. The summed E-state index contributed by atoms with van der Waals surface area (Å²) in [5.74, 6) is 1.93. The Balaban J connectivity index is 1.62. The van der Waals surface area contributed by atoms with Gasteiger partial charge in [0.2, 0.25) is 5.89 Å². The number of rotatable bonds is 3. The number of aromatic nitrogens is 1. The Labute approximate surface area is 154 Å². The second kappa shape index (κ2) is 6.47. The summed E-state index contributed by atoms with van der Waals surface area (Å²) < 4.78 is 11.5. The Morgan fingerprint density at radius 1 is 1.16 bits per heavy atom. The molecular formula is C19H14Cl2N2O2. The minimum atomic E-state index is 0.532. The van der Waals surface area contributed by atoms with Crippen LogP contribution in [0, 0.1) is 0 Å². The Bertz CT molecular complexity index is 1020. The third kappa shape index (κ3) is 3.36. The summed E-state index contributed by atoms with van der Waals surface area (Å²) in [5.41, 5.74) is 3.31. The molecule has 0 radical (unpaired) electrons. The highest BCUT2D eigenvalue weighted by Gasteiger charge is 2.17. The molecule has 0 bridgehead atoms. The molecule has 0 unspecified atom stereocenters. The summed E-state index contributed by atoms with van der Waals surface area (Å²) in [6.45, 7) is 2.06. The maximum Gasteiger partial charge on any atom is 0.220 e. The topological polar surface area (TPSA) is 47.3 Å². The summed E-state index contributed by atoms with van der Waals surface area (Å²) in [4.78, 5) is 4.45. The average molecular weight is 373 g/mol. The lowest BCUT2D eigenvalue weighted by atomic mass is 10.2. The summed E-state index contributed by atoms with van der Waals surface area (Å²) in [7, 11) is 0. The first-order chi connectivity index (χ1) is 12.1. The third-order valence-electron chi connectivity index (χ3n) is 3.82. The SMILES string of the molecule is CCC(=Cc1nc2cc(Cl)ccc2o1)C=C1Nc2cc(Cl)ccc2O1. The molecular weight excluding hydrogens is 359 g/mol. The van der Waals surface area contributed by atoms with Gasteiger partial charge in [-0.2, -0.15) is 0 Å². The molecule has 1 aliphatic rings. The number of fused-ring (bicyclic) bond motifs is 2. The number of allylic oxidation sites excluding steroid dienone is 2. The Kier molecular flexibility index (Phi) is 4.15. The zero-order valence-electron chi connectivity index (χ0n) is 13.3. The van der Waals surface area contributed by atoms with Gasteiger partial charge < -0.3 is 14.5 Å². The van der Waals surface area contributed by atoms with E-state index in [1.165, 1.54) is 0 Å². The Morgan fingerprint density at radius 3 is 2.80 bits per heavy atom. The van der Waals surface area contributed by atoms with E-state index in [0.717, 1.165) is 28.9 Å². The first kappa shape index (κ1) is 16.1. The Hall–Kier alpha value is -2.43. The van der Waals surface area contributed by atoms with Crippen molar-refractivity contribution in [3.8, 4) is 5.75 Å². The van der Waals surface area contributed by atoms with Crippen molar-refractivity contribution >= 4 is 46.1 Å². The maximum absolute atomic E-state index is 6.00.